The topological polar surface area (TPSA) is 120 Å². The van der Waals surface area contributed by atoms with Crippen molar-refractivity contribution in [3.63, 3.8) is 0 Å². The molecule has 30 heavy (non-hydrogen) atoms. The molecule has 1 saturated heterocycles. The Morgan fingerprint density at radius 1 is 0.667 bits per heavy atom. The first kappa shape index (κ1) is 26.4. The summed E-state index contributed by atoms with van der Waals surface area (Å²) >= 11 is 0. The van der Waals surface area contributed by atoms with Gasteiger partial charge in [-0.25, -0.2) is 19.6 Å². The van der Waals surface area contributed by atoms with Crippen molar-refractivity contribution >= 4 is 29.9 Å². The van der Waals surface area contributed by atoms with Crippen molar-refractivity contribution in [1.82, 2.24) is 14.7 Å². The molecule has 0 spiro atoms. The van der Waals surface area contributed by atoms with Crippen LogP contribution in [-0.2, 0) is 24.0 Å². The second kappa shape index (κ2) is 16.4. The van der Waals surface area contributed by atoms with E-state index in [1.54, 1.807) is 0 Å². The van der Waals surface area contributed by atoms with Gasteiger partial charge in [-0.1, -0.05) is 32.6 Å². The highest BCUT2D eigenvalue weighted by Crippen LogP contribution is 2.09. The Labute approximate surface area is 175 Å². The summed E-state index contributed by atoms with van der Waals surface area (Å²) in [4.78, 5) is 64.8. The maximum atomic E-state index is 11.6. The van der Waals surface area contributed by atoms with Gasteiger partial charge in [-0.3, -0.25) is 14.4 Å². The third-order valence-corrected chi connectivity index (χ3v) is 3.90. The minimum Gasteiger partial charge on any atom is -0.303 e. The summed E-state index contributed by atoms with van der Waals surface area (Å²) in [5.41, 5.74) is 0. The predicted octanol–water partition coefficient (Wildman–Crippen LogP) is 1.13. The third-order valence-electron chi connectivity index (χ3n) is 3.90. The van der Waals surface area contributed by atoms with Gasteiger partial charge in [-0.15, -0.1) is 0 Å². The average molecular weight is 417 g/mol. The Morgan fingerprint density at radius 3 is 1.20 bits per heavy atom. The zero-order chi connectivity index (χ0) is 22.8. The molecule has 0 atom stereocenters. The van der Waals surface area contributed by atoms with E-state index < -0.39 is 0 Å². The first-order valence-electron chi connectivity index (χ1n) is 9.26. The van der Waals surface area contributed by atoms with E-state index in [1.807, 2.05) is 0 Å². The molecule has 162 valence electrons. The SMILES string of the molecule is C=CC(=O)N1CN(C(=O)C=C)CN(C(=O)C=C)C1.O=C=NCCCCCCN=C=O. The monoisotopic (exact) mass is 417 g/mol. The quantitative estimate of drug-likeness (QED) is 0.228. The molecule has 0 aromatic carbocycles. The number of hydrogen-bond acceptors (Lipinski definition) is 7. The minimum absolute atomic E-state index is 0.108. The van der Waals surface area contributed by atoms with Crippen LogP contribution >= 0.6 is 0 Å². The Kier molecular flexibility index (Phi) is 14.4. The van der Waals surface area contributed by atoms with E-state index in [0.29, 0.717) is 13.1 Å². The van der Waals surface area contributed by atoms with E-state index in [1.165, 1.54) is 26.9 Å². The fraction of sp³-hybridized carbons (Fsp3) is 0.450. The lowest BCUT2D eigenvalue weighted by molar-refractivity contribution is -0.152. The van der Waals surface area contributed by atoms with Gasteiger partial charge in [0.2, 0.25) is 29.9 Å². The molecular weight excluding hydrogens is 390 g/mol. The summed E-state index contributed by atoms with van der Waals surface area (Å²) in [6.07, 6.45) is 10.2. The highest BCUT2D eigenvalue weighted by Gasteiger charge is 2.29. The number of isocyanates is 2. The van der Waals surface area contributed by atoms with Crippen LogP contribution in [0.5, 0.6) is 0 Å². The van der Waals surface area contributed by atoms with Crippen LogP contribution in [0.25, 0.3) is 0 Å². The molecule has 1 aliphatic heterocycles. The molecule has 10 nitrogen and oxygen atoms in total. The van der Waals surface area contributed by atoms with Gasteiger partial charge in [0.25, 0.3) is 0 Å². The Bertz CT molecular complexity index is 633. The van der Waals surface area contributed by atoms with Gasteiger partial charge < -0.3 is 14.7 Å². The van der Waals surface area contributed by atoms with Crippen molar-refractivity contribution in [2.45, 2.75) is 25.7 Å². The first-order valence-corrected chi connectivity index (χ1v) is 9.26. The maximum absolute atomic E-state index is 11.6. The van der Waals surface area contributed by atoms with Crippen LogP contribution in [0.4, 0.5) is 0 Å². The lowest BCUT2D eigenvalue weighted by atomic mass is 10.2. The molecule has 0 radical (unpaired) electrons. The molecule has 1 rings (SSSR count). The molecule has 10 heteroatoms. The molecule has 0 aromatic heterocycles. The summed E-state index contributed by atoms with van der Waals surface area (Å²) in [7, 11) is 0. The van der Waals surface area contributed by atoms with Crippen molar-refractivity contribution < 1.29 is 24.0 Å². The summed E-state index contributed by atoms with van der Waals surface area (Å²) < 4.78 is 0. The molecule has 0 N–H and O–H groups in total. The Hall–Kier alpha value is -3.61. The lowest BCUT2D eigenvalue weighted by Gasteiger charge is -2.41. The van der Waals surface area contributed by atoms with Crippen molar-refractivity contribution in [2.24, 2.45) is 9.98 Å². The fourth-order valence-electron chi connectivity index (χ4n) is 2.38. The van der Waals surface area contributed by atoms with Crippen LogP contribution < -0.4 is 0 Å². The average Bonchev–Trinajstić information content (AvgIpc) is 2.79. The van der Waals surface area contributed by atoms with Gasteiger partial charge in [-0.05, 0) is 31.1 Å². The lowest BCUT2D eigenvalue weighted by Crippen LogP contribution is -2.58. The van der Waals surface area contributed by atoms with Gasteiger partial charge in [0.15, 0.2) is 0 Å². The zero-order valence-electron chi connectivity index (χ0n) is 17.0. The fourth-order valence-corrected chi connectivity index (χ4v) is 2.38. The van der Waals surface area contributed by atoms with E-state index in [-0.39, 0.29) is 37.7 Å². The molecule has 0 aromatic rings. The van der Waals surface area contributed by atoms with Crippen LogP contribution in [0.3, 0.4) is 0 Å². The van der Waals surface area contributed by atoms with E-state index >= 15 is 0 Å². The summed E-state index contributed by atoms with van der Waals surface area (Å²) in [5, 5.41) is 0. The summed E-state index contributed by atoms with van der Waals surface area (Å²) in [6.45, 7) is 11.6. The molecule has 3 amide bonds. The van der Waals surface area contributed by atoms with Crippen LogP contribution in [-0.4, -0.2) is 77.7 Å². The van der Waals surface area contributed by atoms with Crippen LogP contribution in [0.15, 0.2) is 47.9 Å². The number of hydrogen-bond donors (Lipinski definition) is 0. The van der Waals surface area contributed by atoms with Crippen LogP contribution in [0, 0.1) is 0 Å². The summed E-state index contributed by atoms with van der Waals surface area (Å²) in [6, 6.07) is 0. The van der Waals surface area contributed by atoms with Crippen molar-refractivity contribution in [3.05, 3.63) is 38.0 Å². The molecule has 0 bridgehead atoms. The smallest absolute Gasteiger partial charge is 0.248 e. The highest BCUT2D eigenvalue weighted by atomic mass is 16.2. The molecule has 1 fully saturated rings. The third kappa shape index (κ3) is 10.7. The molecule has 0 aliphatic carbocycles. The number of carbonyl (C=O) groups excluding carboxylic acids is 5. The number of aliphatic imine (C=N–C) groups is 2. The molecule has 0 unspecified atom stereocenters. The van der Waals surface area contributed by atoms with E-state index in [4.69, 9.17) is 0 Å². The van der Waals surface area contributed by atoms with Crippen molar-refractivity contribution in [2.75, 3.05) is 33.1 Å². The van der Waals surface area contributed by atoms with Crippen LogP contribution in [0.1, 0.15) is 25.7 Å². The maximum Gasteiger partial charge on any atom is 0.248 e. The van der Waals surface area contributed by atoms with Gasteiger partial charge in [-0.2, -0.15) is 0 Å². The Morgan fingerprint density at radius 2 is 0.967 bits per heavy atom. The van der Waals surface area contributed by atoms with E-state index in [9.17, 15) is 24.0 Å². The molecule has 0 saturated carbocycles. The number of unbranched alkanes of at least 4 members (excludes halogenated alkanes) is 3. The largest absolute Gasteiger partial charge is 0.303 e. The van der Waals surface area contributed by atoms with Gasteiger partial charge in [0.1, 0.15) is 0 Å². The number of amides is 3. The molecule has 1 heterocycles. The second-order valence-corrected chi connectivity index (χ2v) is 6.03. The second-order valence-electron chi connectivity index (χ2n) is 6.03. The van der Waals surface area contributed by atoms with Crippen molar-refractivity contribution in [1.29, 1.82) is 0 Å². The standard InChI is InChI=1S/C12H15N3O3.C8H12N2O2/c1-4-10(16)13-7-14(11(17)5-2)9-15(8-13)12(18)6-3;11-7-9-5-3-1-2-4-6-10-8-12/h4-6H,1-3,7-9H2;1-6H2. The first-order chi connectivity index (χ1) is 14.4. The molecular formula is C20H27N5O5. The van der Waals surface area contributed by atoms with Crippen molar-refractivity contribution in [3.8, 4) is 0 Å². The minimum atomic E-state index is -0.349. The Balaban J connectivity index is 0.000000612. The van der Waals surface area contributed by atoms with Gasteiger partial charge in [0, 0.05) is 0 Å². The normalized spacial score (nSPS) is 12.3. The van der Waals surface area contributed by atoms with E-state index in [0.717, 1.165) is 43.9 Å². The summed E-state index contributed by atoms with van der Waals surface area (Å²) in [5.74, 6) is -1.05. The predicted molar refractivity (Wildman–Crippen MR) is 110 cm³/mol. The number of nitrogens with zero attached hydrogens (tertiary/aromatic N) is 5. The molecule has 1 aliphatic rings. The van der Waals surface area contributed by atoms with Gasteiger partial charge in [0.05, 0.1) is 33.1 Å². The number of carbonyl (C=O) groups is 3. The van der Waals surface area contributed by atoms with Gasteiger partial charge >= 0.3 is 0 Å². The number of rotatable bonds is 10. The van der Waals surface area contributed by atoms with Crippen LogP contribution in [0.2, 0.25) is 0 Å². The zero-order valence-corrected chi connectivity index (χ0v) is 17.0. The highest BCUT2D eigenvalue weighted by molar-refractivity contribution is 5.92. The van der Waals surface area contributed by atoms with E-state index in [2.05, 4.69) is 29.7 Å².